The van der Waals surface area contributed by atoms with E-state index in [1.54, 1.807) is 18.9 Å². The van der Waals surface area contributed by atoms with Crippen molar-refractivity contribution in [2.45, 2.75) is 16.7 Å². The van der Waals surface area contributed by atoms with Crippen LogP contribution < -0.4 is 14.8 Å². The van der Waals surface area contributed by atoms with E-state index in [1.807, 2.05) is 36.4 Å². The molecule has 0 radical (unpaired) electrons. The summed E-state index contributed by atoms with van der Waals surface area (Å²) in [7, 11) is 1.64. The zero-order valence-electron chi connectivity index (χ0n) is 14.4. The minimum absolute atomic E-state index is 0.262. The fourth-order valence-electron chi connectivity index (χ4n) is 2.69. The Hall–Kier alpha value is -2.00. The van der Waals surface area contributed by atoms with Crippen molar-refractivity contribution in [1.29, 1.82) is 0 Å². The zero-order chi connectivity index (χ0) is 18.6. The van der Waals surface area contributed by atoms with Crippen LogP contribution in [0.25, 0.3) is 0 Å². The molecule has 0 atom stereocenters. The standard InChI is InChI=1S/C18H16ClN3O3S2/c1-23-15-5-3-2-4-14(15)20-17-21-22-18(27-17)26-9-12-7-13(19)6-11-8-24-10-25-16(11)12/h2-7H,8-10H2,1H3,(H,20,21). The number of rotatable bonds is 6. The summed E-state index contributed by atoms with van der Waals surface area (Å²) in [5.41, 5.74) is 2.85. The predicted molar refractivity (Wildman–Crippen MR) is 107 cm³/mol. The first-order valence-corrected chi connectivity index (χ1v) is 10.3. The number of fused-ring (bicyclic) bond motifs is 1. The molecule has 1 aliphatic heterocycles. The van der Waals surface area contributed by atoms with Crippen molar-refractivity contribution in [3.8, 4) is 11.5 Å². The number of hydrogen-bond acceptors (Lipinski definition) is 8. The second kappa shape index (κ2) is 8.35. The summed E-state index contributed by atoms with van der Waals surface area (Å²) in [4.78, 5) is 0. The molecule has 9 heteroatoms. The monoisotopic (exact) mass is 421 g/mol. The number of benzene rings is 2. The number of methoxy groups -OCH3 is 1. The van der Waals surface area contributed by atoms with Crippen molar-refractivity contribution in [2.24, 2.45) is 0 Å². The van der Waals surface area contributed by atoms with Crippen LogP contribution in [0.5, 0.6) is 11.5 Å². The summed E-state index contributed by atoms with van der Waals surface area (Å²) in [6, 6.07) is 11.5. The molecule has 0 aliphatic carbocycles. The molecule has 0 spiro atoms. The van der Waals surface area contributed by atoms with Gasteiger partial charge in [0.15, 0.2) is 11.1 Å². The number of thioether (sulfide) groups is 1. The van der Waals surface area contributed by atoms with Crippen LogP contribution in [0, 0.1) is 0 Å². The van der Waals surface area contributed by atoms with Gasteiger partial charge in [0.1, 0.15) is 11.5 Å². The number of para-hydroxylation sites is 2. The van der Waals surface area contributed by atoms with Crippen molar-refractivity contribution in [2.75, 3.05) is 19.2 Å². The van der Waals surface area contributed by atoms with Gasteiger partial charge in [0.05, 0.1) is 19.4 Å². The topological polar surface area (TPSA) is 65.5 Å². The molecular weight excluding hydrogens is 406 g/mol. The normalized spacial score (nSPS) is 13.0. The number of aromatic nitrogens is 2. The van der Waals surface area contributed by atoms with Gasteiger partial charge in [-0.05, 0) is 24.3 Å². The fourth-order valence-corrected chi connectivity index (χ4v) is 4.68. The van der Waals surface area contributed by atoms with Gasteiger partial charge in [-0.3, -0.25) is 0 Å². The zero-order valence-corrected chi connectivity index (χ0v) is 16.8. The second-order valence-corrected chi connectivity index (χ2v) is 8.29. The van der Waals surface area contributed by atoms with Crippen molar-refractivity contribution in [1.82, 2.24) is 10.2 Å². The van der Waals surface area contributed by atoms with Gasteiger partial charge < -0.3 is 19.5 Å². The van der Waals surface area contributed by atoms with E-state index in [1.165, 1.54) is 11.3 Å². The quantitative estimate of drug-likeness (QED) is 0.555. The summed E-state index contributed by atoms with van der Waals surface area (Å²) in [5.74, 6) is 2.30. The van der Waals surface area contributed by atoms with E-state index in [9.17, 15) is 0 Å². The molecule has 2 aromatic carbocycles. The van der Waals surface area contributed by atoms with Crippen molar-refractivity contribution < 1.29 is 14.2 Å². The average molecular weight is 422 g/mol. The Bertz CT molecular complexity index is 951. The maximum Gasteiger partial charge on any atom is 0.210 e. The highest BCUT2D eigenvalue weighted by atomic mass is 35.5. The molecule has 0 saturated carbocycles. The summed E-state index contributed by atoms with van der Waals surface area (Å²) in [6.07, 6.45) is 0. The highest BCUT2D eigenvalue weighted by Crippen LogP contribution is 2.37. The molecule has 0 amide bonds. The van der Waals surface area contributed by atoms with E-state index in [2.05, 4.69) is 15.5 Å². The third-order valence-corrected chi connectivity index (χ3v) is 6.10. The number of ether oxygens (including phenoxy) is 3. The van der Waals surface area contributed by atoms with Crippen LogP contribution >= 0.6 is 34.7 Å². The molecule has 3 aromatic rings. The van der Waals surface area contributed by atoms with Crippen LogP contribution in [0.15, 0.2) is 40.7 Å². The maximum absolute atomic E-state index is 6.22. The minimum Gasteiger partial charge on any atom is -0.495 e. The Morgan fingerprint density at radius 1 is 1.30 bits per heavy atom. The number of nitrogens with zero attached hydrogens (tertiary/aromatic N) is 2. The van der Waals surface area contributed by atoms with E-state index < -0.39 is 0 Å². The number of hydrogen-bond donors (Lipinski definition) is 1. The number of anilines is 2. The van der Waals surface area contributed by atoms with Gasteiger partial charge in [-0.25, -0.2) is 0 Å². The summed E-state index contributed by atoms with van der Waals surface area (Å²) >= 11 is 9.29. The van der Waals surface area contributed by atoms with Crippen molar-refractivity contribution in [3.63, 3.8) is 0 Å². The van der Waals surface area contributed by atoms with Crippen LogP contribution in [0.2, 0.25) is 5.02 Å². The van der Waals surface area contributed by atoms with Crippen LogP contribution in [0.4, 0.5) is 10.8 Å². The lowest BCUT2D eigenvalue weighted by Gasteiger charge is -2.20. The third-order valence-electron chi connectivity index (χ3n) is 3.86. The first-order valence-electron chi connectivity index (χ1n) is 8.11. The largest absolute Gasteiger partial charge is 0.495 e. The third kappa shape index (κ3) is 4.30. The van der Waals surface area contributed by atoms with Gasteiger partial charge >= 0.3 is 0 Å². The van der Waals surface area contributed by atoms with Crippen molar-refractivity contribution in [3.05, 3.63) is 52.5 Å². The molecule has 0 bridgehead atoms. The number of nitrogens with one attached hydrogen (secondary N) is 1. The molecule has 1 N–H and O–H groups in total. The van der Waals surface area contributed by atoms with Crippen molar-refractivity contribution >= 4 is 45.5 Å². The molecule has 4 rings (SSSR count). The Labute approximate surface area is 169 Å². The molecular formula is C18H16ClN3O3S2. The van der Waals surface area contributed by atoms with Gasteiger partial charge in [0.25, 0.3) is 0 Å². The molecule has 1 aliphatic rings. The molecule has 27 heavy (non-hydrogen) atoms. The molecule has 0 saturated heterocycles. The SMILES string of the molecule is COc1ccccc1Nc1nnc(SCc2cc(Cl)cc3c2OCOC3)s1. The van der Waals surface area contributed by atoms with Crippen LogP contribution in [0.1, 0.15) is 11.1 Å². The maximum atomic E-state index is 6.22. The lowest BCUT2D eigenvalue weighted by atomic mass is 10.1. The van der Waals surface area contributed by atoms with Gasteiger partial charge in [-0.15, -0.1) is 10.2 Å². The minimum atomic E-state index is 0.262. The molecule has 0 fully saturated rings. The highest BCUT2D eigenvalue weighted by molar-refractivity contribution is 8.00. The van der Waals surface area contributed by atoms with E-state index >= 15 is 0 Å². The second-order valence-electron chi connectivity index (χ2n) is 5.65. The number of halogens is 1. The van der Waals surface area contributed by atoms with Gasteiger partial charge in [-0.1, -0.05) is 46.8 Å². The Morgan fingerprint density at radius 2 is 2.19 bits per heavy atom. The van der Waals surface area contributed by atoms with E-state index in [0.29, 0.717) is 22.5 Å². The molecule has 2 heterocycles. The smallest absolute Gasteiger partial charge is 0.210 e. The Morgan fingerprint density at radius 3 is 3.07 bits per heavy atom. The van der Waals surface area contributed by atoms with E-state index in [0.717, 1.165) is 32.7 Å². The lowest BCUT2D eigenvalue weighted by Crippen LogP contribution is -2.12. The first kappa shape index (κ1) is 18.4. The lowest BCUT2D eigenvalue weighted by molar-refractivity contribution is -0.0168. The Kier molecular flexibility index (Phi) is 5.68. The predicted octanol–water partition coefficient (Wildman–Crippen LogP) is 5.10. The Balaban J connectivity index is 1.45. The summed E-state index contributed by atoms with van der Waals surface area (Å²) in [6.45, 7) is 0.775. The molecule has 6 nitrogen and oxygen atoms in total. The average Bonchev–Trinajstić information content (AvgIpc) is 3.14. The van der Waals surface area contributed by atoms with Crippen LogP contribution in [-0.4, -0.2) is 24.1 Å². The first-order chi connectivity index (χ1) is 13.2. The van der Waals surface area contributed by atoms with E-state index in [4.69, 9.17) is 25.8 Å². The van der Waals surface area contributed by atoms with E-state index in [-0.39, 0.29) is 6.79 Å². The van der Waals surface area contributed by atoms with Crippen LogP contribution in [-0.2, 0) is 17.1 Å². The van der Waals surface area contributed by atoms with Gasteiger partial charge in [0, 0.05) is 21.9 Å². The molecule has 140 valence electrons. The summed E-state index contributed by atoms with van der Waals surface area (Å²) in [5, 5.41) is 13.1. The van der Waals surface area contributed by atoms with Gasteiger partial charge in [0.2, 0.25) is 5.13 Å². The fraction of sp³-hybridized carbons (Fsp3) is 0.222. The molecule has 1 aromatic heterocycles. The summed E-state index contributed by atoms with van der Waals surface area (Å²) < 4.78 is 17.2. The molecule has 0 unspecified atom stereocenters. The highest BCUT2D eigenvalue weighted by Gasteiger charge is 2.17. The van der Waals surface area contributed by atoms with Gasteiger partial charge in [-0.2, -0.15) is 0 Å². The van der Waals surface area contributed by atoms with Crippen LogP contribution in [0.3, 0.4) is 0 Å².